The van der Waals surface area contributed by atoms with Crippen LogP contribution in [0, 0.1) is 20.8 Å². The maximum absolute atomic E-state index is 13.9. The molecule has 0 aromatic carbocycles. The van der Waals surface area contributed by atoms with Gasteiger partial charge in [0.25, 0.3) is 0 Å². The highest BCUT2D eigenvalue weighted by Gasteiger charge is 2.46. The number of hydrogen-bond acceptors (Lipinski definition) is 3. The van der Waals surface area contributed by atoms with E-state index in [4.69, 9.17) is 16.1 Å². The van der Waals surface area contributed by atoms with Gasteiger partial charge in [-0.3, -0.25) is 0 Å². The molecule has 3 rings (SSSR count). The Morgan fingerprint density at radius 3 is 2.52 bits per heavy atom. The maximum Gasteiger partial charge on any atom is 0.480 e. The SMILES string of the molecule is Cc1cc(Cc2cn(C)[n+](Cc3c(C)noc3C)c2C(F)(F)F)cnc1Cl. The lowest BCUT2D eigenvalue weighted by atomic mass is 10.1. The fourth-order valence-corrected chi connectivity index (χ4v) is 3.24. The third kappa shape index (κ3) is 3.85. The molecule has 5 nitrogen and oxygen atoms in total. The molecule has 0 N–H and O–H groups in total. The highest BCUT2D eigenvalue weighted by molar-refractivity contribution is 6.30. The predicted molar refractivity (Wildman–Crippen MR) is 92.5 cm³/mol. The largest absolute Gasteiger partial charge is 0.480 e. The van der Waals surface area contributed by atoms with Crippen LogP contribution in [0.15, 0.2) is 23.0 Å². The molecule has 0 bridgehead atoms. The Labute approximate surface area is 159 Å². The summed E-state index contributed by atoms with van der Waals surface area (Å²) in [5.41, 5.74) is 2.08. The van der Waals surface area contributed by atoms with E-state index in [2.05, 4.69) is 10.1 Å². The monoisotopic (exact) mass is 399 g/mol. The molecule has 0 spiro atoms. The maximum atomic E-state index is 13.9. The Kier molecular flexibility index (Phi) is 5.03. The fraction of sp³-hybridized carbons (Fsp3) is 0.389. The van der Waals surface area contributed by atoms with Gasteiger partial charge in [-0.05, 0) is 31.9 Å². The molecule has 0 aliphatic rings. The molecule has 144 valence electrons. The Hall–Kier alpha value is -2.35. The minimum absolute atomic E-state index is 0.0183. The number of aromatic nitrogens is 4. The van der Waals surface area contributed by atoms with E-state index in [0.717, 1.165) is 5.56 Å². The van der Waals surface area contributed by atoms with Crippen LogP contribution in [0.2, 0.25) is 5.15 Å². The topological polar surface area (TPSA) is 47.7 Å². The van der Waals surface area contributed by atoms with Gasteiger partial charge in [-0.15, -0.1) is 0 Å². The summed E-state index contributed by atoms with van der Waals surface area (Å²) < 4.78 is 49.4. The number of hydrogen-bond donors (Lipinski definition) is 0. The van der Waals surface area contributed by atoms with Gasteiger partial charge in [-0.1, -0.05) is 27.5 Å². The molecule has 0 saturated carbocycles. The van der Waals surface area contributed by atoms with E-state index in [1.165, 1.54) is 21.8 Å². The summed E-state index contributed by atoms with van der Waals surface area (Å²) in [6.45, 7) is 5.19. The molecule has 3 heterocycles. The lowest BCUT2D eigenvalue weighted by Crippen LogP contribution is -2.48. The molecule has 9 heteroatoms. The fourth-order valence-electron chi connectivity index (χ4n) is 3.14. The van der Waals surface area contributed by atoms with Gasteiger partial charge in [0.05, 0.1) is 30.1 Å². The van der Waals surface area contributed by atoms with E-state index < -0.39 is 11.9 Å². The first-order valence-electron chi connectivity index (χ1n) is 8.26. The molecular weight excluding hydrogens is 381 g/mol. The molecule has 0 aliphatic carbocycles. The van der Waals surface area contributed by atoms with Crippen LogP contribution in [0.3, 0.4) is 0 Å². The van der Waals surface area contributed by atoms with Crippen molar-refractivity contribution in [3.05, 3.63) is 63.0 Å². The van der Waals surface area contributed by atoms with E-state index in [0.29, 0.717) is 27.7 Å². The van der Waals surface area contributed by atoms with Crippen molar-refractivity contribution in [1.82, 2.24) is 14.8 Å². The van der Waals surface area contributed by atoms with Crippen LogP contribution >= 0.6 is 11.6 Å². The highest BCUT2D eigenvalue weighted by atomic mass is 35.5. The average molecular weight is 400 g/mol. The summed E-state index contributed by atoms with van der Waals surface area (Å²) in [6, 6.07) is 1.75. The number of halogens is 4. The molecule has 0 amide bonds. The zero-order valence-electron chi connectivity index (χ0n) is 15.4. The number of aryl methyl sites for hydroxylation is 4. The second-order valence-electron chi connectivity index (χ2n) is 6.56. The summed E-state index contributed by atoms with van der Waals surface area (Å²) in [6.07, 6.45) is -1.42. The van der Waals surface area contributed by atoms with Crippen molar-refractivity contribution in [3.8, 4) is 0 Å². The van der Waals surface area contributed by atoms with Gasteiger partial charge >= 0.3 is 11.9 Å². The summed E-state index contributed by atoms with van der Waals surface area (Å²) in [7, 11) is 1.59. The van der Waals surface area contributed by atoms with Gasteiger partial charge in [0.2, 0.25) is 6.54 Å². The van der Waals surface area contributed by atoms with E-state index in [1.807, 2.05) is 0 Å². The Balaban J connectivity index is 2.06. The molecule has 0 fully saturated rings. The molecule has 0 aliphatic heterocycles. The average Bonchev–Trinajstić information content (AvgIpc) is 3.04. The molecule has 3 aromatic heterocycles. The smallest absolute Gasteiger partial charge is 0.361 e. The molecule has 0 atom stereocenters. The Morgan fingerprint density at radius 2 is 1.96 bits per heavy atom. The van der Waals surface area contributed by atoms with Crippen molar-refractivity contribution in [3.63, 3.8) is 0 Å². The molecule has 0 unspecified atom stereocenters. The van der Waals surface area contributed by atoms with Crippen LogP contribution in [0.4, 0.5) is 13.2 Å². The van der Waals surface area contributed by atoms with Crippen molar-refractivity contribution in [2.24, 2.45) is 7.05 Å². The third-order valence-corrected chi connectivity index (χ3v) is 4.90. The van der Waals surface area contributed by atoms with Crippen LogP contribution in [-0.2, 0) is 26.2 Å². The van der Waals surface area contributed by atoms with Gasteiger partial charge in [-0.2, -0.15) is 17.9 Å². The van der Waals surface area contributed by atoms with Gasteiger partial charge in [0.1, 0.15) is 10.9 Å². The summed E-state index contributed by atoms with van der Waals surface area (Å²) >= 11 is 5.91. The van der Waals surface area contributed by atoms with E-state index in [-0.39, 0.29) is 18.5 Å². The van der Waals surface area contributed by atoms with Gasteiger partial charge < -0.3 is 4.52 Å². The molecular formula is C18H19ClF3N4O+. The molecule has 0 radical (unpaired) electrons. The first kappa shape index (κ1) is 19.4. The Bertz CT molecular complexity index is 972. The molecule has 27 heavy (non-hydrogen) atoms. The van der Waals surface area contributed by atoms with Gasteiger partial charge in [0, 0.05) is 12.6 Å². The van der Waals surface area contributed by atoms with Crippen LogP contribution in [0.5, 0.6) is 0 Å². The number of pyridine rings is 1. The normalized spacial score (nSPS) is 12.0. The Morgan fingerprint density at radius 1 is 1.26 bits per heavy atom. The first-order valence-corrected chi connectivity index (χ1v) is 8.64. The van der Waals surface area contributed by atoms with Crippen LogP contribution < -0.4 is 4.68 Å². The summed E-state index contributed by atoms with van der Waals surface area (Å²) in [5.74, 6) is 0.508. The lowest BCUT2D eigenvalue weighted by molar-refractivity contribution is -0.780. The minimum atomic E-state index is -4.51. The summed E-state index contributed by atoms with van der Waals surface area (Å²) in [4.78, 5) is 4.03. The van der Waals surface area contributed by atoms with Crippen LogP contribution in [0.1, 0.15) is 39.4 Å². The standard InChI is InChI=1S/C18H19ClF3N4O/c1-10-5-13(7-23-17(10)19)6-14-8-25(4)26(16(14)18(20,21)22)9-15-11(2)24-27-12(15)3/h5,7-8H,6,9H2,1-4H3/q+1. The lowest BCUT2D eigenvalue weighted by Gasteiger charge is -2.07. The van der Waals surface area contributed by atoms with Gasteiger partial charge in [0.15, 0.2) is 0 Å². The molecule has 0 saturated heterocycles. The van der Waals surface area contributed by atoms with Crippen molar-refractivity contribution in [1.29, 1.82) is 0 Å². The zero-order valence-corrected chi connectivity index (χ0v) is 16.1. The minimum Gasteiger partial charge on any atom is -0.361 e. The second kappa shape index (κ2) is 6.99. The first-order chi connectivity index (χ1) is 12.6. The van der Waals surface area contributed by atoms with E-state index in [9.17, 15) is 13.2 Å². The second-order valence-corrected chi connectivity index (χ2v) is 6.92. The van der Waals surface area contributed by atoms with Crippen molar-refractivity contribution >= 4 is 11.6 Å². The summed E-state index contributed by atoms with van der Waals surface area (Å²) in [5, 5.41) is 4.17. The molecule has 3 aromatic rings. The van der Waals surface area contributed by atoms with E-state index in [1.54, 1.807) is 33.9 Å². The zero-order chi connectivity index (χ0) is 19.9. The predicted octanol–water partition coefficient (Wildman–Crippen LogP) is 3.93. The van der Waals surface area contributed by atoms with Crippen molar-refractivity contribution in [2.45, 2.75) is 39.9 Å². The van der Waals surface area contributed by atoms with Crippen LogP contribution in [0.25, 0.3) is 0 Å². The quantitative estimate of drug-likeness (QED) is 0.493. The van der Waals surface area contributed by atoms with Crippen molar-refractivity contribution < 1.29 is 22.4 Å². The number of rotatable bonds is 4. The highest BCUT2D eigenvalue weighted by Crippen LogP contribution is 2.31. The van der Waals surface area contributed by atoms with Gasteiger partial charge in [-0.25, -0.2) is 4.98 Å². The number of alkyl halides is 3. The number of nitrogens with zero attached hydrogens (tertiary/aromatic N) is 4. The van der Waals surface area contributed by atoms with Crippen LogP contribution in [-0.4, -0.2) is 14.8 Å². The van der Waals surface area contributed by atoms with Crippen molar-refractivity contribution in [2.75, 3.05) is 0 Å². The van der Waals surface area contributed by atoms with E-state index >= 15 is 0 Å². The third-order valence-electron chi connectivity index (χ3n) is 4.51.